The van der Waals surface area contributed by atoms with Gasteiger partial charge in [0.2, 0.25) is 0 Å². The number of nitrogens with zero attached hydrogens (tertiary/aromatic N) is 4. The maximum Gasteiger partial charge on any atom is 0.251 e. The number of aryl methyl sites for hydroxylation is 1. The zero-order valence-electron chi connectivity index (χ0n) is 23.2. The SMILES string of the molecule is CN/C(C)=C\C(C)=C(/C=O)CNC(=O)c1cc2cc(-c3ccn(C)n3)cn2c(C(C)N2CCOCC2)c1C. The van der Waals surface area contributed by atoms with Crippen LogP contribution in [0.25, 0.3) is 16.8 Å². The van der Waals surface area contributed by atoms with Crippen molar-refractivity contribution >= 4 is 17.7 Å². The number of rotatable bonds is 9. The van der Waals surface area contributed by atoms with Gasteiger partial charge in [-0.05, 0) is 63.1 Å². The predicted molar refractivity (Wildman–Crippen MR) is 149 cm³/mol. The number of hydrogen-bond acceptors (Lipinski definition) is 6. The van der Waals surface area contributed by atoms with Crippen LogP contribution in [0, 0.1) is 6.92 Å². The number of nitrogens with one attached hydrogen (secondary N) is 2. The molecular formula is C29H38N6O3. The lowest BCUT2D eigenvalue weighted by molar-refractivity contribution is -0.105. The molecule has 9 heteroatoms. The molecule has 0 radical (unpaired) electrons. The summed E-state index contributed by atoms with van der Waals surface area (Å²) in [4.78, 5) is 27.7. The van der Waals surface area contributed by atoms with Crippen LogP contribution in [-0.2, 0) is 16.6 Å². The minimum Gasteiger partial charge on any atom is -0.392 e. The second-order valence-corrected chi connectivity index (χ2v) is 9.88. The van der Waals surface area contributed by atoms with Crippen molar-refractivity contribution in [1.82, 2.24) is 29.7 Å². The first-order valence-corrected chi connectivity index (χ1v) is 13.0. The molecule has 1 unspecified atom stereocenters. The monoisotopic (exact) mass is 518 g/mol. The average molecular weight is 519 g/mol. The number of ether oxygens (including phenoxy) is 1. The van der Waals surface area contributed by atoms with Crippen LogP contribution >= 0.6 is 0 Å². The maximum atomic E-state index is 13.5. The standard InChI is InChI=1S/C29H38N6O3/c1-19(13-20(2)30-5)24(18-36)16-31-29(37)26-15-25-14-23(27-7-8-33(6)32-27)17-35(25)28(21(26)3)22(4)34-9-11-38-12-10-34/h7-8,13-15,17-18,22,30H,9-12,16H2,1-6H3,(H,31,37)/b20-13-,24-19-. The number of amides is 1. The number of pyridine rings is 1. The summed E-state index contributed by atoms with van der Waals surface area (Å²) in [5, 5.41) is 10.6. The Labute approximate surface area is 224 Å². The maximum absolute atomic E-state index is 13.5. The number of hydrogen-bond donors (Lipinski definition) is 2. The quantitative estimate of drug-likeness (QED) is 0.256. The van der Waals surface area contributed by atoms with Gasteiger partial charge in [0.25, 0.3) is 5.91 Å². The van der Waals surface area contributed by atoms with Gasteiger partial charge in [-0.2, -0.15) is 5.10 Å². The first-order chi connectivity index (χ1) is 18.2. The van der Waals surface area contributed by atoms with E-state index in [4.69, 9.17) is 4.74 Å². The Morgan fingerprint density at radius 1 is 1.24 bits per heavy atom. The van der Waals surface area contributed by atoms with Crippen LogP contribution in [0.5, 0.6) is 0 Å². The van der Waals surface area contributed by atoms with Crippen molar-refractivity contribution in [2.45, 2.75) is 33.7 Å². The smallest absolute Gasteiger partial charge is 0.251 e. The highest BCUT2D eigenvalue weighted by Gasteiger charge is 2.26. The number of fused-ring (bicyclic) bond motifs is 1. The predicted octanol–water partition coefficient (Wildman–Crippen LogP) is 3.41. The van der Waals surface area contributed by atoms with Crippen LogP contribution in [0.1, 0.15) is 48.4 Å². The number of allylic oxidation sites excluding steroid dienone is 3. The number of carbonyl (C=O) groups is 2. The number of morpholine rings is 1. The Hall–Kier alpha value is -3.69. The molecule has 0 bridgehead atoms. The summed E-state index contributed by atoms with van der Waals surface area (Å²) in [6, 6.07) is 6.05. The normalized spacial score (nSPS) is 16.3. The molecule has 0 aliphatic carbocycles. The first-order valence-electron chi connectivity index (χ1n) is 13.0. The Morgan fingerprint density at radius 2 is 1.97 bits per heavy atom. The van der Waals surface area contributed by atoms with E-state index >= 15 is 0 Å². The van der Waals surface area contributed by atoms with E-state index in [0.717, 1.165) is 58.7 Å². The summed E-state index contributed by atoms with van der Waals surface area (Å²) in [6.07, 6.45) is 6.73. The van der Waals surface area contributed by atoms with Gasteiger partial charge in [-0.15, -0.1) is 0 Å². The Balaban J connectivity index is 1.74. The summed E-state index contributed by atoms with van der Waals surface area (Å²) in [5.74, 6) is -0.206. The van der Waals surface area contributed by atoms with Crippen LogP contribution in [0.2, 0.25) is 0 Å². The van der Waals surface area contributed by atoms with Gasteiger partial charge in [0.1, 0.15) is 6.29 Å². The van der Waals surface area contributed by atoms with Gasteiger partial charge < -0.3 is 19.8 Å². The molecule has 1 aliphatic rings. The van der Waals surface area contributed by atoms with E-state index in [2.05, 4.69) is 44.2 Å². The molecule has 4 heterocycles. The second kappa shape index (κ2) is 11.8. The molecular weight excluding hydrogens is 480 g/mol. The molecule has 0 spiro atoms. The lowest BCUT2D eigenvalue weighted by Gasteiger charge is -2.34. The summed E-state index contributed by atoms with van der Waals surface area (Å²) in [7, 11) is 3.73. The van der Waals surface area contributed by atoms with Crippen molar-refractivity contribution in [2.75, 3.05) is 39.9 Å². The van der Waals surface area contributed by atoms with E-state index in [1.807, 2.05) is 59.3 Å². The van der Waals surface area contributed by atoms with Crippen LogP contribution in [0.15, 0.2) is 53.5 Å². The number of carbonyl (C=O) groups excluding carboxylic acids is 2. The van der Waals surface area contributed by atoms with Gasteiger partial charge in [-0.25, -0.2) is 0 Å². The lowest BCUT2D eigenvalue weighted by atomic mass is 10.0. The molecule has 1 saturated heterocycles. The van der Waals surface area contributed by atoms with Gasteiger partial charge in [-0.3, -0.25) is 19.2 Å². The Kier molecular flexibility index (Phi) is 8.48. The van der Waals surface area contributed by atoms with Gasteiger partial charge in [0.05, 0.1) is 18.9 Å². The number of aldehydes is 1. The molecule has 3 aromatic heterocycles. The Bertz CT molecular complexity index is 1390. The van der Waals surface area contributed by atoms with Crippen LogP contribution in [0.3, 0.4) is 0 Å². The van der Waals surface area contributed by atoms with E-state index in [0.29, 0.717) is 24.4 Å². The van der Waals surface area contributed by atoms with E-state index in [1.165, 1.54) is 0 Å². The third-order valence-electron chi connectivity index (χ3n) is 7.35. The topological polar surface area (TPSA) is 92.9 Å². The third-order valence-corrected chi connectivity index (χ3v) is 7.35. The van der Waals surface area contributed by atoms with Crippen molar-refractivity contribution in [1.29, 1.82) is 0 Å². The molecule has 9 nitrogen and oxygen atoms in total. The summed E-state index contributed by atoms with van der Waals surface area (Å²) >= 11 is 0. The van der Waals surface area contributed by atoms with Gasteiger partial charge >= 0.3 is 0 Å². The largest absolute Gasteiger partial charge is 0.392 e. The highest BCUT2D eigenvalue weighted by Crippen LogP contribution is 2.31. The molecule has 3 aromatic rings. The van der Waals surface area contributed by atoms with Crippen LogP contribution < -0.4 is 10.6 Å². The highest BCUT2D eigenvalue weighted by atomic mass is 16.5. The molecule has 202 valence electrons. The molecule has 0 saturated carbocycles. The number of aromatic nitrogens is 3. The van der Waals surface area contributed by atoms with Crippen molar-refractivity contribution in [2.24, 2.45) is 7.05 Å². The fourth-order valence-corrected chi connectivity index (χ4v) is 5.01. The minimum atomic E-state index is -0.206. The summed E-state index contributed by atoms with van der Waals surface area (Å²) in [5.41, 5.74) is 7.66. The second-order valence-electron chi connectivity index (χ2n) is 9.88. The molecule has 1 fully saturated rings. The van der Waals surface area contributed by atoms with Gasteiger partial charge in [-0.1, -0.05) is 0 Å². The summed E-state index contributed by atoms with van der Waals surface area (Å²) in [6.45, 7) is 11.2. The zero-order chi connectivity index (χ0) is 27.4. The van der Waals surface area contributed by atoms with E-state index < -0.39 is 0 Å². The summed E-state index contributed by atoms with van der Waals surface area (Å²) < 4.78 is 9.55. The van der Waals surface area contributed by atoms with Crippen molar-refractivity contribution < 1.29 is 14.3 Å². The lowest BCUT2D eigenvalue weighted by Crippen LogP contribution is -2.39. The van der Waals surface area contributed by atoms with E-state index in [-0.39, 0.29) is 18.5 Å². The molecule has 4 rings (SSSR count). The van der Waals surface area contributed by atoms with Crippen LogP contribution in [-0.4, -0.2) is 71.2 Å². The Morgan fingerprint density at radius 3 is 2.61 bits per heavy atom. The molecule has 1 aliphatic heterocycles. The fraction of sp³-hybridized carbons (Fsp3) is 0.414. The third kappa shape index (κ3) is 5.74. The van der Waals surface area contributed by atoms with Crippen LogP contribution in [0.4, 0.5) is 0 Å². The fourth-order valence-electron chi connectivity index (χ4n) is 5.01. The van der Waals surface area contributed by atoms with Crippen molar-refractivity contribution in [3.05, 3.63) is 70.3 Å². The molecule has 0 aromatic carbocycles. The van der Waals surface area contributed by atoms with Gasteiger partial charge in [0, 0.05) is 85.8 Å². The highest BCUT2D eigenvalue weighted by molar-refractivity contribution is 5.98. The molecule has 1 atom stereocenters. The molecule has 2 N–H and O–H groups in total. The van der Waals surface area contributed by atoms with E-state index in [1.54, 1.807) is 4.68 Å². The van der Waals surface area contributed by atoms with Gasteiger partial charge in [0.15, 0.2) is 0 Å². The first kappa shape index (κ1) is 27.3. The van der Waals surface area contributed by atoms with Crippen molar-refractivity contribution in [3.63, 3.8) is 0 Å². The zero-order valence-corrected chi connectivity index (χ0v) is 23.2. The average Bonchev–Trinajstić information content (AvgIpc) is 3.54. The van der Waals surface area contributed by atoms with E-state index in [9.17, 15) is 9.59 Å². The minimum absolute atomic E-state index is 0.0699. The molecule has 1 amide bonds. The molecule has 38 heavy (non-hydrogen) atoms. The van der Waals surface area contributed by atoms with Crippen molar-refractivity contribution in [3.8, 4) is 11.3 Å².